The van der Waals surface area contributed by atoms with E-state index in [4.69, 9.17) is 7.85 Å². The molecule has 0 fully saturated rings. The van der Waals surface area contributed by atoms with Crippen LogP contribution in [0.1, 0.15) is 18.1 Å². The summed E-state index contributed by atoms with van der Waals surface area (Å²) in [5.74, 6) is 0. The predicted molar refractivity (Wildman–Crippen MR) is 104 cm³/mol. The fourth-order valence-electron chi connectivity index (χ4n) is 3.07. The summed E-state index contributed by atoms with van der Waals surface area (Å²) in [5.41, 5.74) is 7.61. The smallest absolute Gasteiger partial charge is 0.113 e. The van der Waals surface area contributed by atoms with Crippen LogP contribution >= 0.6 is 12.1 Å². The molecule has 0 bridgehead atoms. The van der Waals surface area contributed by atoms with Gasteiger partial charge in [0.25, 0.3) is 0 Å². The monoisotopic (exact) mass is 332 g/mol. The molecule has 0 saturated carbocycles. The van der Waals surface area contributed by atoms with Gasteiger partial charge in [-0.15, -0.1) is 0 Å². The first kappa shape index (κ1) is 16.8. The Kier molecular flexibility index (Phi) is 5.10. The van der Waals surface area contributed by atoms with Gasteiger partial charge in [-0.25, -0.2) is 0 Å². The lowest BCUT2D eigenvalue weighted by atomic mass is 9.89. The van der Waals surface area contributed by atoms with Crippen molar-refractivity contribution in [2.45, 2.75) is 25.2 Å². The molecule has 2 radical (unpaired) electrons. The van der Waals surface area contributed by atoms with E-state index in [0.717, 1.165) is 17.5 Å². The summed E-state index contributed by atoms with van der Waals surface area (Å²) in [4.78, 5) is 0.531. The first-order valence-corrected chi connectivity index (χ1v) is 8.72. The zero-order valence-electron chi connectivity index (χ0n) is 13.8. The molecule has 0 saturated heterocycles. The maximum atomic E-state index is 12.9. The molecular formula is C21H18BFS. The van der Waals surface area contributed by atoms with Gasteiger partial charge >= 0.3 is 0 Å². The van der Waals surface area contributed by atoms with E-state index in [0.29, 0.717) is 10.4 Å². The van der Waals surface area contributed by atoms with Gasteiger partial charge in [0.1, 0.15) is 7.85 Å². The third kappa shape index (κ3) is 3.41. The van der Waals surface area contributed by atoms with E-state index < -0.39 is 0 Å². The van der Waals surface area contributed by atoms with E-state index in [-0.39, 0.29) is 12.1 Å². The molecule has 0 aliphatic heterocycles. The summed E-state index contributed by atoms with van der Waals surface area (Å²) in [6, 6.07) is 20.2. The van der Waals surface area contributed by atoms with Gasteiger partial charge in [0.2, 0.25) is 0 Å². The minimum atomic E-state index is 0.221. The predicted octanol–water partition coefficient (Wildman–Crippen LogP) is 5.66. The van der Waals surface area contributed by atoms with Crippen molar-refractivity contribution in [3.63, 3.8) is 0 Å². The molecular weight excluding hydrogens is 314 g/mol. The van der Waals surface area contributed by atoms with Gasteiger partial charge in [-0.1, -0.05) is 67.0 Å². The Morgan fingerprint density at radius 2 is 1.71 bits per heavy atom. The first-order valence-electron chi connectivity index (χ1n) is 8.01. The second-order valence-electron chi connectivity index (χ2n) is 5.91. The van der Waals surface area contributed by atoms with Crippen LogP contribution in [0.25, 0.3) is 22.3 Å². The second kappa shape index (κ2) is 7.27. The van der Waals surface area contributed by atoms with E-state index in [1.54, 1.807) is 6.07 Å². The van der Waals surface area contributed by atoms with Crippen LogP contribution in [-0.4, -0.2) is 7.85 Å². The topological polar surface area (TPSA) is 0 Å². The Morgan fingerprint density at radius 3 is 2.42 bits per heavy atom. The van der Waals surface area contributed by atoms with Crippen molar-refractivity contribution in [1.82, 2.24) is 0 Å². The molecule has 3 aromatic rings. The highest BCUT2D eigenvalue weighted by Crippen LogP contribution is 2.32. The Labute approximate surface area is 148 Å². The first-order chi connectivity index (χ1) is 11.6. The molecule has 0 nitrogen and oxygen atoms in total. The molecule has 24 heavy (non-hydrogen) atoms. The normalized spacial score (nSPS) is 10.8. The van der Waals surface area contributed by atoms with Crippen molar-refractivity contribution >= 4 is 25.5 Å². The number of hydrogen-bond acceptors (Lipinski definition) is 1. The molecule has 3 rings (SSSR count). The molecule has 0 aromatic heterocycles. The van der Waals surface area contributed by atoms with Crippen molar-refractivity contribution in [3.05, 3.63) is 71.8 Å². The molecule has 0 amide bonds. The van der Waals surface area contributed by atoms with Gasteiger partial charge in [0.05, 0.1) is 12.1 Å². The third-order valence-corrected chi connectivity index (χ3v) is 4.68. The highest BCUT2D eigenvalue weighted by molar-refractivity contribution is 7.94. The summed E-state index contributed by atoms with van der Waals surface area (Å²) in [6.07, 6.45) is 1.00. The Balaban J connectivity index is 2.06. The SMILES string of the molecule is [B]c1cc(SF)cc(-c2ccc(-c3ccccc3CC)c(C)c2)c1. The van der Waals surface area contributed by atoms with Crippen molar-refractivity contribution in [3.8, 4) is 22.3 Å². The summed E-state index contributed by atoms with van der Waals surface area (Å²) in [6.45, 7) is 4.29. The number of aryl methyl sites for hydroxylation is 2. The fraction of sp³-hybridized carbons (Fsp3) is 0.143. The molecule has 3 heteroatoms. The number of halogens is 1. The molecule has 0 aliphatic carbocycles. The molecule has 118 valence electrons. The fourth-order valence-corrected chi connectivity index (χ4v) is 3.42. The van der Waals surface area contributed by atoms with Crippen LogP contribution in [0.2, 0.25) is 0 Å². The quantitative estimate of drug-likeness (QED) is 0.555. The van der Waals surface area contributed by atoms with E-state index in [1.165, 1.54) is 22.3 Å². The van der Waals surface area contributed by atoms with E-state index >= 15 is 0 Å². The highest BCUT2D eigenvalue weighted by atomic mass is 32.2. The summed E-state index contributed by atoms with van der Waals surface area (Å²) in [5, 5.41) is 0. The van der Waals surface area contributed by atoms with Crippen LogP contribution in [0.3, 0.4) is 0 Å². The lowest BCUT2D eigenvalue weighted by Crippen LogP contribution is -2.02. The number of rotatable bonds is 4. The standard InChI is InChI=1S/C21H18BFS/c1-3-15-6-4-5-7-21(15)20-9-8-16(10-14(20)2)17-11-18(22)13-19(12-17)24-23/h4-13H,3H2,1-2H3. The van der Waals surface area contributed by atoms with Crippen LogP contribution in [0.4, 0.5) is 3.89 Å². The van der Waals surface area contributed by atoms with Gasteiger partial charge in [0, 0.05) is 4.90 Å². The van der Waals surface area contributed by atoms with Crippen LogP contribution < -0.4 is 5.46 Å². The largest absolute Gasteiger partial charge is 0.160 e. The maximum Gasteiger partial charge on any atom is 0.113 e. The van der Waals surface area contributed by atoms with Crippen LogP contribution in [0, 0.1) is 6.92 Å². The van der Waals surface area contributed by atoms with E-state index in [1.807, 2.05) is 12.1 Å². The minimum absolute atomic E-state index is 0.221. The van der Waals surface area contributed by atoms with Crippen LogP contribution in [0.15, 0.2) is 65.6 Å². The molecule has 0 spiro atoms. The Morgan fingerprint density at radius 1 is 0.917 bits per heavy atom. The molecule has 0 N–H and O–H groups in total. The molecule has 3 aromatic carbocycles. The average molecular weight is 332 g/mol. The van der Waals surface area contributed by atoms with Gasteiger partial charge < -0.3 is 0 Å². The zero-order chi connectivity index (χ0) is 17.1. The van der Waals surface area contributed by atoms with Gasteiger partial charge in [-0.2, -0.15) is 3.89 Å². The molecule has 0 aliphatic rings. The lowest BCUT2D eigenvalue weighted by Gasteiger charge is -2.13. The maximum absolute atomic E-state index is 12.9. The summed E-state index contributed by atoms with van der Waals surface area (Å²) >= 11 is 0.221. The van der Waals surface area contributed by atoms with Gasteiger partial charge in [-0.3, -0.25) is 0 Å². The van der Waals surface area contributed by atoms with Crippen molar-refractivity contribution in [2.75, 3.05) is 0 Å². The van der Waals surface area contributed by atoms with Crippen molar-refractivity contribution in [2.24, 2.45) is 0 Å². The Bertz CT molecular complexity index is 873. The van der Waals surface area contributed by atoms with Crippen LogP contribution in [0.5, 0.6) is 0 Å². The summed E-state index contributed by atoms with van der Waals surface area (Å²) in [7, 11) is 5.89. The summed E-state index contributed by atoms with van der Waals surface area (Å²) < 4.78 is 12.9. The molecule has 0 unspecified atom stereocenters. The van der Waals surface area contributed by atoms with E-state index in [9.17, 15) is 3.89 Å². The van der Waals surface area contributed by atoms with Crippen molar-refractivity contribution in [1.29, 1.82) is 0 Å². The lowest BCUT2D eigenvalue weighted by molar-refractivity contribution is 0.934. The zero-order valence-corrected chi connectivity index (χ0v) is 14.7. The Hall–Kier alpha value is -2.00. The second-order valence-corrected chi connectivity index (χ2v) is 6.53. The van der Waals surface area contributed by atoms with Gasteiger partial charge in [-0.05, 0) is 52.8 Å². The van der Waals surface area contributed by atoms with Crippen molar-refractivity contribution < 1.29 is 3.89 Å². The van der Waals surface area contributed by atoms with Crippen LogP contribution in [-0.2, 0) is 6.42 Å². The van der Waals surface area contributed by atoms with Gasteiger partial charge in [0.15, 0.2) is 0 Å². The minimum Gasteiger partial charge on any atom is -0.160 e. The van der Waals surface area contributed by atoms with E-state index in [2.05, 4.69) is 56.3 Å². The highest BCUT2D eigenvalue weighted by Gasteiger charge is 2.09. The average Bonchev–Trinajstić information content (AvgIpc) is 2.61. The number of benzene rings is 3. The molecule has 0 atom stereocenters. The third-order valence-electron chi connectivity index (χ3n) is 4.27. The molecule has 0 heterocycles. The number of hydrogen-bond donors (Lipinski definition) is 0.